The number of hydrogen-bond donors (Lipinski definition) is 1. The zero-order valence-corrected chi connectivity index (χ0v) is 14.1. The maximum absolute atomic E-state index is 4.48. The highest BCUT2D eigenvalue weighted by molar-refractivity contribution is 5.00. The number of aryl methyl sites for hydroxylation is 1. The van der Waals surface area contributed by atoms with Crippen molar-refractivity contribution in [3.8, 4) is 0 Å². The SMILES string of the molecule is CCCC1CN(Cc2ncnn2CC)C(CC)(CC)CN1. The summed E-state index contributed by atoms with van der Waals surface area (Å²) in [5, 5.41) is 8.08. The maximum Gasteiger partial charge on any atom is 0.141 e. The second kappa shape index (κ2) is 7.36. The predicted octanol–water partition coefficient (Wildman–Crippen LogP) is 2.43. The smallest absolute Gasteiger partial charge is 0.141 e. The average molecular weight is 293 g/mol. The van der Waals surface area contributed by atoms with Crippen LogP contribution in [0.2, 0.25) is 0 Å². The van der Waals surface area contributed by atoms with Gasteiger partial charge in [0.2, 0.25) is 0 Å². The van der Waals surface area contributed by atoms with Gasteiger partial charge in [-0.1, -0.05) is 27.2 Å². The van der Waals surface area contributed by atoms with Gasteiger partial charge in [-0.2, -0.15) is 5.10 Å². The largest absolute Gasteiger partial charge is 0.311 e. The average Bonchev–Trinajstić information content (AvgIpc) is 2.96. The maximum atomic E-state index is 4.48. The molecule has 0 bridgehead atoms. The van der Waals surface area contributed by atoms with Crippen molar-refractivity contribution in [2.24, 2.45) is 0 Å². The van der Waals surface area contributed by atoms with Crippen LogP contribution in [0.5, 0.6) is 0 Å². The van der Waals surface area contributed by atoms with Crippen LogP contribution in [-0.2, 0) is 13.1 Å². The van der Waals surface area contributed by atoms with Gasteiger partial charge < -0.3 is 5.32 Å². The fraction of sp³-hybridized carbons (Fsp3) is 0.875. The molecule has 0 spiro atoms. The fourth-order valence-corrected chi connectivity index (χ4v) is 3.54. The summed E-state index contributed by atoms with van der Waals surface area (Å²) in [6, 6.07) is 0.610. The summed E-state index contributed by atoms with van der Waals surface area (Å²) in [6.07, 6.45) is 6.53. The molecule has 0 aromatic carbocycles. The topological polar surface area (TPSA) is 46.0 Å². The van der Waals surface area contributed by atoms with E-state index in [0.29, 0.717) is 6.04 Å². The zero-order valence-electron chi connectivity index (χ0n) is 14.1. The van der Waals surface area contributed by atoms with Crippen LogP contribution in [0.25, 0.3) is 0 Å². The Morgan fingerprint density at radius 3 is 2.67 bits per heavy atom. The van der Waals surface area contributed by atoms with Gasteiger partial charge in [-0.05, 0) is 26.2 Å². The van der Waals surface area contributed by atoms with Crippen molar-refractivity contribution in [2.45, 2.75) is 78.0 Å². The molecule has 1 aliphatic rings. The lowest BCUT2D eigenvalue weighted by atomic mass is 9.86. The van der Waals surface area contributed by atoms with Gasteiger partial charge in [0.1, 0.15) is 12.2 Å². The number of nitrogens with one attached hydrogen (secondary N) is 1. The number of piperazine rings is 1. The van der Waals surface area contributed by atoms with Crippen molar-refractivity contribution in [1.82, 2.24) is 25.0 Å². The molecule has 5 nitrogen and oxygen atoms in total. The Bertz CT molecular complexity index is 424. The van der Waals surface area contributed by atoms with Gasteiger partial charge in [-0.25, -0.2) is 9.67 Å². The first-order valence-electron chi connectivity index (χ1n) is 8.54. The van der Waals surface area contributed by atoms with Crippen LogP contribution >= 0.6 is 0 Å². The van der Waals surface area contributed by atoms with Gasteiger partial charge in [0.05, 0.1) is 6.54 Å². The Balaban J connectivity index is 2.16. The summed E-state index contributed by atoms with van der Waals surface area (Å²) in [6.45, 7) is 13.0. The second-order valence-electron chi connectivity index (χ2n) is 6.17. The molecule has 1 N–H and O–H groups in total. The van der Waals surface area contributed by atoms with Gasteiger partial charge in [0.15, 0.2) is 0 Å². The molecule has 1 unspecified atom stereocenters. The number of aromatic nitrogens is 3. The number of nitrogens with zero attached hydrogens (tertiary/aromatic N) is 4. The summed E-state index contributed by atoms with van der Waals surface area (Å²) in [5.41, 5.74) is 0.259. The molecule has 1 fully saturated rings. The van der Waals surface area contributed by atoms with Gasteiger partial charge in [-0.3, -0.25) is 4.90 Å². The van der Waals surface area contributed by atoms with Crippen molar-refractivity contribution in [3.63, 3.8) is 0 Å². The van der Waals surface area contributed by atoms with Crippen LogP contribution < -0.4 is 5.32 Å². The number of hydrogen-bond acceptors (Lipinski definition) is 4. The highest BCUT2D eigenvalue weighted by Gasteiger charge is 2.39. The first-order valence-corrected chi connectivity index (χ1v) is 8.54. The molecule has 5 heteroatoms. The van der Waals surface area contributed by atoms with Crippen LogP contribution in [0.15, 0.2) is 6.33 Å². The van der Waals surface area contributed by atoms with Crippen LogP contribution in [0.4, 0.5) is 0 Å². The van der Waals surface area contributed by atoms with Crippen molar-refractivity contribution < 1.29 is 0 Å². The molecular weight excluding hydrogens is 262 g/mol. The summed E-state index contributed by atoms with van der Waals surface area (Å²) in [5.74, 6) is 1.10. The molecule has 2 rings (SSSR count). The quantitative estimate of drug-likeness (QED) is 0.839. The van der Waals surface area contributed by atoms with Crippen molar-refractivity contribution in [2.75, 3.05) is 13.1 Å². The first kappa shape index (κ1) is 16.4. The minimum Gasteiger partial charge on any atom is -0.311 e. The molecule has 0 aliphatic carbocycles. The molecule has 1 atom stereocenters. The summed E-state index contributed by atoms with van der Waals surface area (Å²) >= 11 is 0. The first-order chi connectivity index (χ1) is 10.2. The lowest BCUT2D eigenvalue weighted by molar-refractivity contribution is 0.0197. The van der Waals surface area contributed by atoms with E-state index in [-0.39, 0.29) is 5.54 Å². The van der Waals surface area contributed by atoms with E-state index in [1.54, 1.807) is 6.33 Å². The molecule has 0 amide bonds. The molecule has 2 heterocycles. The highest BCUT2D eigenvalue weighted by atomic mass is 15.4. The van der Waals surface area contributed by atoms with E-state index in [9.17, 15) is 0 Å². The van der Waals surface area contributed by atoms with Crippen molar-refractivity contribution >= 4 is 0 Å². The third-order valence-electron chi connectivity index (χ3n) is 5.11. The Morgan fingerprint density at radius 1 is 1.29 bits per heavy atom. The van der Waals surface area contributed by atoms with Crippen LogP contribution in [0.1, 0.15) is 59.2 Å². The van der Waals surface area contributed by atoms with Crippen LogP contribution in [0, 0.1) is 0 Å². The third-order valence-corrected chi connectivity index (χ3v) is 5.11. The van der Waals surface area contributed by atoms with E-state index in [1.807, 2.05) is 4.68 Å². The standard InChI is InChI=1S/C16H31N5/c1-5-9-14-10-20(16(6-2,7-3)12-17-14)11-15-18-13-19-21(15)8-4/h13-14,17H,5-12H2,1-4H3. The van der Waals surface area contributed by atoms with E-state index in [1.165, 1.54) is 25.7 Å². The molecule has 1 saturated heterocycles. The minimum absolute atomic E-state index is 0.259. The van der Waals surface area contributed by atoms with Gasteiger partial charge in [0.25, 0.3) is 0 Å². The van der Waals surface area contributed by atoms with E-state index in [4.69, 9.17) is 0 Å². The molecular formula is C16H31N5. The third kappa shape index (κ3) is 3.46. The Kier molecular flexibility index (Phi) is 5.76. The lowest BCUT2D eigenvalue weighted by Gasteiger charge is -2.49. The fourth-order valence-electron chi connectivity index (χ4n) is 3.54. The Morgan fingerprint density at radius 2 is 2.05 bits per heavy atom. The van der Waals surface area contributed by atoms with E-state index < -0.39 is 0 Å². The molecule has 1 aliphatic heterocycles. The van der Waals surface area contributed by atoms with Crippen molar-refractivity contribution in [3.05, 3.63) is 12.2 Å². The summed E-state index contributed by atoms with van der Waals surface area (Å²) < 4.78 is 2.02. The molecule has 1 aromatic rings. The van der Waals surface area contributed by atoms with E-state index in [2.05, 4.69) is 48.0 Å². The van der Waals surface area contributed by atoms with Crippen LogP contribution in [0.3, 0.4) is 0 Å². The molecule has 120 valence electrons. The highest BCUT2D eigenvalue weighted by Crippen LogP contribution is 2.29. The molecule has 1 aromatic heterocycles. The summed E-state index contributed by atoms with van der Waals surface area (Å²) in [4.78, 5) is 7.13. The summed E-state index contributed by atoms with van der Waals surface area (Å²) in [7, 11) is 0. The molecule has 21 heavy (non-hydrogen) atoms. The molecule has 0 saturated carbocycles. The minimum atomic E-state index is 0.259. The van der Waals surface area contributed by atoms with Gasteiger partial charge in [0, 0.05) is 31.2 Å². The lowest BCUT2D eigenvalue weighted by Crippen LogP contribution is -2.63. The Hall–Kier alpha value is -0.940. The van der Waals surface area contributed by atoms with Gasteiger partial charge >= 0.3 is 0 Å². The van der Waals surface area contributed by atoms with Crippen molar-refractivity contribution in [1.29, 1.82) is 0 Å². The molecule has 0 radical (unpaired) electrons. The van der Waals surface area contributed by atoms with Gasteiger partial charge in [-0.15, -0.1) is 0 Å². The number of rotatable bonds is 7. The van der Waals surface area contributed by atoms with Crippen LogP contribution in [-0.4, -0.2) is 44.3 Å². The monoisotopic (exact) mass is 293 g/mol. The predicted molar refractivity (Wildman–Crippen MR) is 86.1 cm³/mol. The van der Waals surface area contributed by atoms with E-state index in [0.717, 1.165) is 32.0 Å². The van der Waals surface area contributed by atoms with E-state index >= 15 is 0 Å². The Labute approximate surface area is 129 Å². The zero-order chi connectivity index (χ0) is 15.3. The normalized spacial score (nSPS) is 22.6. The second-order valence-corrected chi connectivity index (χ2v) is 6.17.